The van der Waals surface area contributed by atoms with Gasteiger partial charge in [0.05, 0.1) is 6.10 Å². The number of methoxy groups -OCH3 is 1. The number of nitrogens with one attached hydrogen (secondary N) is 1. The Balaban J connectivity index is 2.59. The number of aromatic nitrogens is 1. The standard InChI is InChI=1S/C13H16N2O3/c1-10(18-2)8-15-13(17)12-6-5-11(9-14-12)4-3-7-16/h5-6,9-10,16H,7-8H2,1-2H3,(H,15,17). The first-order valence-corrected chi connectivity index (χ1v) is 5.54. The minimum absolute atomic E-state index is 0.0383. The Bertz CT molecular complexity index is 446. The molecule has 0 saturated heterocycles. The monoisotopic (exact) mass is 248 g/mol. The maximum absolute atomic E-state index is 11.7. The topological polar surface area (TPSA) is 71.5 Å². The quantitative estimate of drug-likeness (QED) is 0.746. The largest absolute Gasteiger partial charge is 0.384 e. The number of carbonyl (C=O) groups excluding carboxylic acids is 1. The van der Waals surface area contributed by atoms with E-state index in [1.165, 1.54) is 6.20 Å². The molecule has 1 amide bonds. The molecule has 0 radical (unpaired) electrons. The van der Waals surface area contributed by atoms with Gasteiger partial charge in [-0.3, -0.25) is 4.79 Å². The number of hydrogen-bond acceptors (Lipinski definition) is 4. The summed E-state index contributed by atoms with van der Waals surface area (Å²) in [6.07, 6.45) is 1.46. The second-order valence-corrected chi connectivity index (χ2v) is 3.65. The molecule has 0 aliphatic carbocycles. The summed E-state index contributed by atoms with van der Waals surface area (Å²) in [6, 6.07) is 3.28. The van der Waals surface area contributed by atoms with Gasteiger partial charge in [0.2, 0.25) is 0 Å². The van der Waals surface area contributed by atoms with E-state index in [1.807, 2.05) is 6.92 Å². The van der Waals surface area contributed by atoms with Gasteiger partial charge < -0.3 is 15.2 Å². The molecule has 1 rings (SSSR count). The molecule has 0 aliphatic rings. The highest BCUT2D eigenvalue weighted by Crippen LogP contribution is 1.99. The molecule has 0 aromatic carbocycles. The van der Waals surface area contributed by atoms with Gasteiger partial charge in [-0.2, -0.15) is 0 Å². The molecule has 0 aliphatic heterocycles. The predicted molar refractivity (Wildman–Crippen MR) is 67.0 cm³/mol. The van der Waals surface area contributed by atoms with Crippen molar-refractivity contribution in [2.24, 2.45) is 0 Å². The smallest absolute Gasteiger partial charge is 0.269 e. The number of aliphatic hydroxyl groups excluding tert-OH is 1. The third-order valence-electron chi connectivity index (χ3n) is 2.26. The van der Waals surface area contributed by atoms with E-state index in [0.29, 0.717) is 17.8 Å². The van der Waals surface area contributed by atoms with Crippen molar-refractivity contribution in [1.29, 1.82) is 0 Å². The minimum Gasteiger partial charge on any atom is -0.384 e. The Morgan fingerprint density at radius 2 is 2.39 bits per heavy atom. The lowest BCUT2D eigenvalue weighted by molar-refractivity contribution is 0.0866. The van der Waals surface area contributed by atoms with Crippen LogP contribution in [0.4, 0.5) is 0 Å². The molecule has 1 atom stereocenters. The van der Waals surface area contributed by atoms with Gasteiger partial charge in [-0.25, -0.2) is 4.98 Å². The SMILES string of the molecule is COC(C)CNC(=O)c1ccc(C#CCO)cn1. The Labute approximate surface area is 106 Å². The molecule has 2 N–H and O–H groups in total. The lowest BCUT2D eigenvalue weighted by Crippen LogP contribution is -2.32. The molecule has 0 spiro atoms. The Kier molecular flexibility index (Phi) is 5.85. The second kappa shape index (κ2) is 7.43. The Hall–Kier alpha value is -1.90. The fourth-order valence-electron chi connectivity index (χ4n) is 1.15. The van der Waals surface area contributed by atoms with Crippen LogP contribution in [0.3, 0.4) is 0 Å². The van der Waals surface area contributed by atoms with Crippen LogP contribution in [0, 0.1) is 11.8 Å². The molecule has 1 heterocycles. The van der Waals surface area contributed by atoms with E-state index >= 15 is 0 Å². The molecule has 0 bridgehead atoms. The maximum atomic E-state index is 11.7. The molecule has 0 fully saturated rings. The summed E-state index contributed by atoms with van der Waals surface area (Å²) < 4.78 is 5.02. The van der Waals surface area contributed by atoms with Gasteiger partial charge in [-0.1, -0.05) is 11.8 Å². The van der Waals surface area contributed by atoms with Crippen molar-refractivity contribution in [1.82, 2.24) is 10.3 Å². The number of aliphatic hydroxyl groups is 1. The lowest BCUT2D eigenvalue weighted by atomic mass is 10.2. The van der Waals surface area contributed by atoms with Gasteiger partial charge in [0.25, 0.3) is 5.91 Å². The zero-order valence-corrected chi connectivity index (χ0v) is 10.4. The van der Waals surface area contributed by atoms with Gasteiger partial charge in [0, 0.05) is 25.4 Å². The van der Waals surface area contributed by atoms with Gasteiger partial charge in [-0.15, -0.1) is 0 Å². The number of hydrogen-bond donors (Lipinski definition) is 2. The van der Waals surface area contributed by atoms with E-state index in [-0.39, 0.29) is 18.6 Å². The summed E-state index contributed by atoms with van der Waals surface area (Å²) in [6.45, 7) is 2.10. The van der Waals surface area contributed by atoms with Crippen molar-refractivity contribution >= 4 is 5.91 Å². The van der Waals surface area contributed by atoms with Crippen LogP contribution in [0.5, 0.6) is 0 Å². The Morgan fingerprint density at radius 1 is 1.61 bits per heavy atom. The molecule has 1 unspecified atom stereocenters. The van der Waals surface area contributed by atoms with E-state index in [9.17, 15) is 4.79 Å². The third kappa shape index (κ3) is 4.53. The molecular weight excluding hydrogens is 232 g/mol. The average molecular weight is 248 g/mol. The van der Waals surface area contributed by atoms with Gasteiger partial charge in [-0.05, 0) is 19.1 Å². The van der Waals surface area contributed by atoms with Crippen LogP contribution in [0.25, 0.3) is 0 Å². The van der Waals surface area contributed by atoms with E-state index in [2.05, 4.69) is 22.1 Å². The highest BCUT2D eigenvalue weighted by atomic mass is 16.5. The van der Waals surface area contributed by atoms with E-state index in [4.69, 9.17) is 9.84 Å². The fourth-order valence-corrected chi connectivity index (χ4v) is 1.15. The van der Waals surface area contributed by atoms with Crippen LogP contribution in [0.15, 0.2) is 18.3 Å². The maximum Gasteiger partial charge on any atom is 0.269 e. The second-order valence-electron chi connectivity index (χ2n) is 3.65. The third-order valence-corrected chi connectivity index (χ3v) is 2.26. The number of rotatable bonds is 4. The summed E-state index contributed by atoms with van der Waals surface area (Å²) in [5.74, 6) is 4.97. The van der Waals surface area contributed by atoms with Crippen molar-refractivity contribution in [2.75, 3.05) is 20.3 Å². The van der Waals surface area contributed by atoms with E-state index < -0.39 is 0 Å². The first-order chi connectivity index (χ1) is 8.67. The molecule has 96 valence electrons. The summed E-state index contributed by atoms with van der Waals surface area (Å²) >= 11 is 0. The summed E-state index contributed by atoms with van der Waals surface area (Å²) in [5.41, 5.74) is 0.985. The van der Waals surface area contributed by atoms with Crippen LogP contribution < -0.4 is 5.32 Å². The van der Waals surface area contributed by atoms with E-state index in [0.717, 1.165) is 0 Å². The highest BCUT2D eigenvalue weighted by molar-refractivity contribution is 5.92. The number of carbonyl (C=O) groups is 1. The highest BCUT2D eigenvalue weighted by Gasteiger charge is 2.08. The molecular formula is C13H16N2O3. The fraction of sp³-hybridized carbons (Fsp3) is 0.385. The molecule has 5 nitrogen and oxygen atoms in total. The molecule has 0 saturated carbocycles. The van der Waals surface area contributed by atoms with Crippen molar-refractivity contribution in [3.63, 3.8) is 0 Å². The lowest BCUT2D eigenvalue weighted by Gasteiger charge is -2.10. The zero-order chi connectivity index (χ0) is 13.4. The molecule has 5 heteroatoms. The average Bonchev–Trinajstić information content (AvgIpc) is 2.42. The van der Waals surface area contributed by atoms with Crippen LogP contribution >= 0.6 is 0 Å². The number of amides is 1. The van der Waals surface area contributed by atoms with Gasteiger partial charge >= 0.3 is 0 Å². The number of ether oxygens (including phenoxy) is 1. The van der Waals surface area contributed by atoms with Crippen molar-refractivity contribution < 1.29 is 14.6 Å². The van der Waals surface area contributed by atoms with Crippen LogP contribution in [0.2, 0.25) is 0 Å². The number of nitrogens with zero attached hydrogens (tertiary/aromatic N) is 1. The Morgan fingerprint density at radius 3 is 2.94 bits per heavy atom. The first kappa shape index (κ1) is 14.2. The van der Waals surface area contributed by atoms with Crippen LogP contribution in [0.1, 0.15) is 23.0 Å². The van der Waals surface area contributed by atoms with Crippen molar-refractivity contribution in [2.45, 2.75) is 13.0 Å². The normalized spacial score (nSPS) is 11.3. The van der Waals surface area contributed by atoms with Crippen LogP contribution in [-0.4, -0.2) is 42.4 Å². The summed E-state index contributed by atoms with van der Waals surface area (Å²) in [7, 11) is 1.59. The first-order valence-electron chi connectivity index (χ1n) is 5.54. The predicted octanol–water partition coefficient (Wildman–Crippen LogP) is 0.190. The van der Waals surface area contributed by atoms with Crippen LogP contribution in [-0.2, 0) is 4.74 Å². The zero-order valence-electron chi connectivity index (χ0n) is 10.4. The van der Waals surface area contributed by atoms with Crippen molar-refractivity contribution in [3.05, 3.63) is 29.6 Å². The molecule has 1 aromatic rings. The number of pyridine rings is 1. The van der Waals surface area contributed by atoms with Gasteiger partial charge in [0.1, 0.15) is 12.3 Å². The molecule has 1 aromatic heterocycles. The van der Waals surface area contributed by atoms with Crippen molar-refractivity contribution in [3.8, 4) is 11.8 Å². The van der Waals surface area contributed by atoms with Gasteiger partial charge in [0.15, 0.2) is 0 Å². The van der Waals surface area contributed by atoms with E-state index in [1.54, 1.807) is 19.2 Å². The summed E-state index contributed by atoms with van der Waals surface area (Å²) in [4.78, 5) is 15.7. The minimum atomic E-state index is -0.249. The molecule has 18 heavy (non-hydrogen) atoms. The summed E-state index contributed by atoms with van der Waals surface area (Å²) in [5, 5.41) is 11.3.